The highest BCUT2D eigenvalue weighted by atomic mass is 32.2. The topological polar surface area (TPSA) is 108 Å². The minimum atomic E-state index is -3.28. The van der Waals surface area contributed by atoms with Crippen molar-refractivity contribution in [3.8, 4) is 0 Å². The second-order valence-corrected chi connectivity index (χ2v) is 8.95. The monoisotopic (exact) mass is 415 g/mol. The fraction of sp³-hybridized carbons (Fsp3) is 0.300. The van der Waals surface area contributed by atoms with Gasteiger partial charge in [0.15, 0.2) is 9.84 Å². The lowest BCUT2D eigenvalue weighted by atomic mass is 10.1. The van der Waals surface area contributed by atoms with E-state index in [0.29, 0.717) is 12.3 Å². The number of carbonyl (C=O) groups excluding carboxylic acids is 1. The summed E-state index contributed by atoms with van der Waals surface area (Å²) in [6, 6.07) is 16.0. The molecule has 1 heterocycles. The molecule has 29 heavy (non-hydrogen) atoms. The molecule has 154 valence electrons. The van der Waals surface area contributed by atoms with E-state index in [1.54, 1.807) is 12.1 Å². The molecular weight excluding hydrogens is 390 g/mol. The minimum Gasteiger partial charge on any atom is -0.369 e. The lowest BCUT2D eigenvalue weighted by molar-refractivity contribution is 0.249. The third-order valence-electron chi connectivity index (χ3n) is 4.78. The Bertz CT molecular complexity index is 967. The number of anilines is 1. The number of benzene rings is 2. The molecule has 1 fully saturated rings. The van der Waals surface area contributed by atoms with Gasteiger partial charge in [-0.05, 0) is 29.8 Å². The number of nitrogens with zero attached hydrogens (tertiary/aromatic N) is 3. The molecule has 0 atom stereocenters. The molecule has 0 radical (unpaired) electrons. The van der Waals surface area contributed by atoms with Gasteiger partial charge in [-0.1, -0.05) is 30.3 Å². The molecule has 0 unspecified atom stereocenters. The van der Waals surface area contributed by atoms with Gasteiger partial charge in [-0.3, -0.25) is 4.90 Å². The molecule has 2 aromatic carbocycles. The number of carbonyl (C=O) groups is 1. The number of hydrogen-bond donors (Lipinski definition) is 2. The fourth-order valence-electron chi connectivity index (χ4n) is 3.22. The van der Waals surface area contributed by atoms with Crippen LogP contribution in [0, 0.1) is 0 Å². The normalized spacial score (nSPS) is 15.9. The van der Waals surface area contributed by atoms with Crippen LogP contribution in [0.25, 0.3) is 0 Å². The molecule has 9 heteroatoms. The number of hydrogen-bond acceptors (Lipinski definition) is 6. The molecule has 0 saturated carbocycles. The number of nitrogens with one attached hydrogen (secondary N) is 1. The average Bonchev–Trinajstić information content (AvgIpc) is 2.71. The lowest BCUT2D eigenvalue weighted by Gasteiger charge is -2.36. The van der Waals surface area contributed by atoms with Gasteiger partial charge in [0.25, 0.3) is 0 Å². The highest BCUT2D eigenvalue weighted by molar-refractivity contribution is 7.90. The van der Waals surface area contributed by atoms with Crippen LogP contribution in [0.3, 0.4) is 0 Å². The summed E-state index contributed by atoms with van der Waals surface area (Å²) in [5.74, 6) is 0. The van der Waals surface area contributed by atoms with Gasteiger partial charge < -0.3 is 10.6 Å². The van der Waals surface area contributed by atoms with Gasteiger partial charge in [0.1, 0.15) is 0 Å². The Morgan fingerprint density at radius 3 is 2.21 bits per heavy atom. The van der Waals surface area contributed by atoms with Crippen LogP contribution in [0.15, 0.2) is 64.6 Å². The zero-order valence-electron chi connectivity index (χ0n) is 16.3. The molecule has 0 spiro atoms. The van der Waals surface area contributed by atoms with Crippen molar-refractivity contribution in [1.82, 2.24) is 10.3 Å². The van der Waals surface area contributed by atoms with E-state index in [1.807, 2.05) is 18.2 Å². The molecule has 8 nitrogen and oxygen atoms in total. The van der Waals surface area contributed by atoms with Gasteiger partial charge in [-0.2, -0.15) is 5.10 Å². The summed E-state index contributed by atoms with van der Waals surface area (Å²) in [5, 5.41) is 4.14. The predicted octanol–water partition coefficient (Wildman–Crippen LogP) is 1.28. The van der Waals surface area contributed by atoms with Crippen molar-refractivity contribution in [2.75, 3.05) is 43.9 Å². The van der Waals surface area contributed by atoms with Crippen LogP contribution in [0.2, 0.25) is 0 Å². The van der Waals surface area contributed by atoms with E-state index in [9.17, 15) is 13.2 Å². The molecule has 1 aliphatic heterocycles. The number of hydrazone groups is 1. The number of piperazine rings is 1. The van der Waals surface area contributed by atoms with Crippen LogP contribution >= 0.6 is 0 Å². The Morgan fingerprint density at radius 2 is 1.66 bits per heavy atom. The fourth-order valence-corrected chi connectivity index (χ4v) is 3.85. The van der Waals surface area contributed by atoms with Crippen molar-refractivity contribution >= 4 is 27.3 Å². The van der Waals surface area contributed by atoms with E-state index < -0.39 is 15.9 Å². The average molecular weight is 416 g/mol. The summed E-state index contributed by atoms with van der Waals surface area (Å²) in [6.45, 7) is 3.96. The van der Waals surface area contributed by atoms with Crippen molar-refractivity contribution in [2.45, 2.75) is 4.90 Å². The van der Waals surface area contributed by atoms with Crippen molar-refractivity contribution < 1.29 is 13.2 Å². The Hall–Kier alpha value is -2.91. The van der Waals surface area contributed by atoms with Crippen LogP contribution in [-0.2, 0) is 9.84 Å². The molecule has 0 aromatic heterocycles. The van der Waals surface area contributed by atoms with E-state index in [-0.39, 0.29) is 4.90 Å². The van der Waals surface area contributed by atoms with E-state index in [1.165, 1.54) is 17.8 Å². The van der Waals surface area contributed by atoms with Gasteiger partial charge in [0.2, 0.25) is 0 Å². The zero-order valence-corrected chi connectivity index (χ0v) is 17.1. The second kappa shape index (κ2) is 9.06. The Balaban J connectivity index is 1.70. The maximum absolute atomic E-state index is 11.7. The van der Waals surface area contributed by atoms with Gasteiger partial charge in [0.05, 0.1) is 10.6 Å². The van der Waals surface area contributed by atoms with Gasteiger partial charge in [-0.15, -0.1) is 0 Å². The molecule has 2 amide bonds. The van der Waals surface area contributed by atoms with Crippen LogP contribution < -0.4 is 16.1 Å². The van der Waals surface area contributed by atoms with Gasteiger partial charge in [-0.25, -0.2) is 18.6 Å². The highest BCUT2D eigenvalue weighted by Gasteiger charge is 2.19. The maximum Gasteiger partial charge on any atom is 0.332 e. The first-order valence-electron chi connectivity index (χ1n) is 9.28. The number of sulfone groups is 1. The van der Waals surface area contributed by atoms with Crippen molar-refractivity contribution in [3.05, 3.63) is 60.2 Å². The molecular formula is C20H25N5O3S. The van der Waals surface area contributed by atoms with Crippen molar-refractivity contribution in [1.29, 1.82) is 0 Å². The summed E-state index contributed by atoms with van der Waals surface area (Å²) in [6.07, 6.45) is 1.16. The van der Waals surface area contributed by atoms with E-state index in [2.05, 4.69) is 32.5 Å². The van der Waals surface area contributed by atoms with Crippen LogP contribution in [0.5, 0.6) is 0 Å². The zero-order chi connectivity index (χ0) is 20.9. The number of primary amides is 1. The van der Waals surface area contributed by atoms with E-state index in [0.717, 1.165) is 38.0 Å². The summed E-state index contributed by atoms with van der Waals surface area (Å²) in [7, 11) is -3.28. The van der Waals surface area contributed by atoms with Crippen LogP contribution in [0.1, 0.15) is 5.56 Å². The number of para-hydroxylation sites is 1. The Kier molecular flexibility index (Phi) is 6.50. The highest BCUT2D eigenvalue weighted by Crippen LogP contribution is 2.16. The van der Waals surface area contributed by atoms with Gasteiger partial charge >= 0.3 is 6.03 Å². The quantitative estimate of drug-likeness (QED) is 0.546. The third kappa shape index (κ3) is 5.78. The molecule has 3 rings (SSSR count). The number of nitrogens with two attached hydrogens (primary N) is 1. The van der Waals surface area contributed by atoms with Crippen LogP contribution in [0.4, 0.5) is 10.5 Å². The van der Waals surface area contributed by atoms with Gasteiger partial charge in [0, 0.05) is 44.7 Å². The first-order valence-corrected chi connectivity index (χ1v) is 11.2. The van der Waals surface area contributed by atoms with E-state index >= 15 is 0 Å². The molecule has 1 saturated heterocycles. The number of rotatable bonds is 6. The van der Waals surface area contributed by atoms with Crippen LogP contribution in [-0.4, -0.2) is 64.0 Å². The van der Waals surface area contributed by atoms with Crippen molar-refractivity contribution in [2.24, 2.45) is 10.8 Å². The molecule has 0 aliphatic carbocycles. The summed E-state index contributed by atoms with van der Waals surface area (Å²) in [5.41, 5.74) is 10.0. The smallest absolute Gasteiger partial charge is 0.332 e. The minimum absolute atomic E-state index is 0.236. The first-order chi connectivity index (χ1) is 13.8. The standard InChI is InChI=1S/C20H25N5O3S/c1-29(27,28)18-9-7-16(8-10-18)19(22-23-20(21)26)15-24-11-13-25(14-12-24)17-5-3-2-4-6-17/h2-10H,11-15H2,1H3,(H3,21,23,26)/b22-19+. The molecule has 3 N–H and O–H groups in total. The third-order valence-corrected chi connectivity index (χ3v) is 5.91. The second-order valence-electron chi connectivity index (χ2n) is 6.93. The molecule has 1 aliphatic rings. The SMILES string of the molecule is CS(=O)(=O)c1ccc(/C(CN2CCN(c3ccccc3)CC2)=N/NC(N)=O)cc1. The summed E-state index contributed by atoms with van der Waals surface area (Å²) in [4.78, 5) is 15.9. The summed E-state index contributed by atoms with van der Waals surface area (Å²) < 4.78 is 23.4. The Morgan fingerprint density at radius 1 is 1.03 bits per heavy atom. The largest absolute Gasteiger partial charge is 0.369 e. The molecule has 0 bridgehead atoms. The van der Waals surface area contributed by atoms with E-state index in [4.69, 9.17) is 5.73 Å². The molecule has 2 aromatic rings. The first kappa shape index (κ1) is 20.8. The number of urea groups is 1. The Labute approximate surface area is 170 Å². The lowest BCUT2D eigenvalue weighted by Crippen LogP contribution is -2.48. The predicted molar refractivity (Wildman–Crippen MR) is 114 cm³/mol. The number of amides is 2. The van der Waals surface area contributed by atoms with Crippen molar-refractivity contribution in [3.63, 3.8) is 0 Å². The summed E-state index contributed by atoms with van der Waals surface area (Å²) >= 11 is 0. The maximum atomic E-state index is 11.7.